The summed E-state index contributed by atoms with van der Waals surface area (Å²) in [7, 11) is 0. The first-order valence-corrected chi connectivity index (χ1v) is 10.4. The largest absolute Gasteiger partial charge is 0.289 e. The van der Waals surface area contributed by atoms with Gasteiger partial charge >= 0.3 is 0 Å². The van der Waals surface area contributed by atoms with Gasteiger partial charge < -0.3 is 0 Å². The topological polar surface area (TPSA) is 17.1 Å². The molecule has 1 nitrogen and oxygen atoms in total. The second kappa shape index (κ2) is 6.88. The fourth-order valence-electron chi connectivity index (χ4n) is 2.53. The molecule has 0 N–H and O–H groups in total. The van der Waals surface area contributed by atoms with Crippen molar-refractivity contribution in [2.75, 3.05) is 0 Å². The monoisotopic (exact) mass is 360 g/mol. The van der Waals surface area contributed by atoms with E-state index in [1.54, 1.807) is 11.3 Å². The molecule has 0 saturated carbocycles. The van der Waals surface area contributed by atoms with E-state index >= 15 is 0 Å². The highest BCUT2D eigenvalue weighted by Gasteiger charge is 2.13. The number of benzene rings is 2. The maximum atomic E-state index is 13.0. The van der Waals surface area contributed by atoms with Crippen LogP contribution in [0, 0.1) is 0 Å². The van der Waals surface area contributed by atoms with Gasteiger partial charge in [-0.05, 0) is 24.3 Å². The van der Waals surface area contributed by atoms with Crippen LogP contribution in [0.3, 0.4) is 0 Å². The molecule has 0 radical (unpaired) electrons. The van der Waals surface area contributed by atoms with Gasteiger partial charge in [-0.15, -0.1) is 34.9 Å². The molecule has 0 unspecified atom stereocenters. The van der Waals surface area contributed by atoms with Crippen LogP contribution < -0.4 is 5.43 Å². The predicted octanol–water partition coefficient (Wildman–Crippen LogP) is 6.42. The second-order valence-electron chi connectivity index (χ2n) is 6.06. The summed E-state index contributed by atoms with van der Waals surface area (Å²) in [5, 5.41) is 2.69. The van der Waals surface area contributed by atoms with Gasteiger partial charge in [0, 0.05) is 35.8 Å². The maximum absolute atomic E-state index is 13.0. The Balaban J connectivity index is 2.34. The molecule has 3 rings (SSSR count). The summed E-state index contributed by atoms with van der Waals surface area (Å²) in [6.07, 6.45) is 0. The number of hydrogen-bond donors (Lipinski definition) is 0. The van der Waals surface area contributed by atoms with Crippen LogP contribution in [0.5, 0.6) is 0 Å². The summed E-state index contributed by atoms with van der Waals surface area (Å²) in [5.41, 5.74) is 0.158. The molecule has 4 heteroatoms. The normalized spacial score (nSPS) is 11.9. The minimum absolute atomic E-state index is 0.158. The minimum atomic E-state index is 0.158. The molecule has 0 bridgehead atoms. The van der Waals surface area contributed by atoms with E-state index in [9.17, 15) is 4.79 Å². The highest BCUT2D eigenvalue weighted by Crippen LogP contribution is 2.38. The van der Waals surface area contributed by atoms with E-state index in [2.05, 4.69) is 39.8 Å². The maximum Gasteiger partial charge on any atom is 0.195 e. The van der Waals surface area contributed by atoms with Crippen LogP contribution in [0.15, 0.2) is 51.0 Å². The molecule has 1 aromatic heterocycles. The lowest BCUT2D eigenvalue weighted by Gasteiger charge is -2.13. The third kappa shape index (κ3) is 3.59. The fraction of sp³-hybridized carbons (Fsp3) is 0.316. The first kappa shape index (κ1) is 16.9. The highest BCUT2D eigenvalue weighted by atomic mass is 32.2. The average molecular weight is 361 g/mol. The lowest BCUT2D eigenvalue weighted by Crippen LogP contribution is -2.02. The van der Waals surface area contributed by atoms with E-state index in [0.717, 1.165) is 20.2 Å². The summed E-state index contributed by atoms with van der Waals surface area (Å²) in [6.45, 7) is 8.77. The molecule has 0 amide bonds. The molecule has 0 saturated heterocycles. The quantitative estimate of drug-likeness (QED) is 0.395. The Morgan fingerprint density at radius 3 is 2.30 bits per heavy atom. The Labute approximate surface area is 149 Å². The van der Waals surface area contributed by atoms with E-state index < -0.39 is 0 Å². The van der Waals surface area contributed by atoms with Crippen molar-refractivity contribution in [1.82, 2.24) is 0 Å². The van der Waals surface area contributed by atoms with Gasteiger partial charge in [-0.2, -0.15) is 0 Å². The van der Waals surface area contributed by atoms with Crippen LogP contribution in [-0.2, 0) is 0 Å². The van der Waals surface area contributed by atoms with E-state index in [-0.39, 0.29) is 5.43 Å². The van der Waals surface area contributed by atoms with Crippen molar-refractivity contribution in [1.29, 1.82) is 0 Å². The number of rotatable bonds is 4. The van der Waals surface area contributed by atoms with E-state index in [1.165, 1.54) is 9.79 Å². The lowest BCUT2D eigenvalue weighted by molar-refractivity contribution is 1.10. The van der Waals surface area contributed by atoms with Gasteiger partial charge in [0.15, 0.2) is 5.43 Å². The Morgan fingerprint density at radius 2 is 1.61 bits per heavy atom. The van der Waals surface area contributed by atoms with Gasteiger partial charge in [-0.1, -0.05) is 39.8 Å². The van der Waals surface area contributed by atoms with Crippen molar-refractivity contribution in [3.63, 3.8) is 0 Å². The standard InChI is InChI=1S/C19H20OS3/c1-11(2)21-13-9-15-18(20)14-7-5-6-8-16(14)23-19(15)17(10-13)22-12(3)4/h5-12H,1-4H3. The van der Waals surface area contributed by atoms with Crippen molar-refractivity contribution in [2.24, 2.45) is 0 Å². The van der Waals surface area contributed by atoms with E-state index in [1.807, 2.05) is 47.8 Å². The van der Waals surface area contributed by atoms with Crippen LogP contribution in [0.4, 0.5) is 0 Å². The molecule has 0 aliphatic rings. The second-order valence-corrected chi connectivity index (χ2v) is 10.4. The summed E-state index contributed by atoms with van der Waals surface area (Å²) in [4.78, 5) is 15.4. The molecular formula is C19H20OS3. The van der Waals surface area contributed by atoms with Crippen molar-refractivity contribution < 1.29 is 0 Å². The van der Waals surface area contributed by atoms with E-state index in [4.69, 9.17) is 0 Å². The van der Waals surface area contributed by atoms with Crippen LogP contribution >= 0.6 is 34.9 Å². The number of fused-ring (bicyclic) bond motifs is 2. The van der Waals surface area contributed by atoms with Gasteiger partial charge in [-0.3, -0.25) is 4.79 Å². The summed E-state index contributed by atoms with van der Waals surface area (Å²) in [6, 6.07) is 12.3. The molecule has 0 fully saturated rings. The van der Waals surface area contributed by atoms with Gasteiger partial charge in [0.1, 0.15) is 0 Å². The van der Waals surface area contributed by atoms with Crippen LogP contribution in [0.2, 0.25) is 0 Å². The number of thioether (sulfide) groups is 2. The molecule has 23 heavy (non-hydrogen) atoms. The van der Waals surface area contributed by atoms with Gasteiger partial charge in [0.2, 0.25) is 0 Å². The molecule has 0 aliphatic heterocycles. The molecule has 120 valence electrons. The average Bonchev–Trinajstić information content (AvgIpc) is 2.47. The third-order valence-corrected chi connectivity index (χ3v) is 6.73. The van der Waals surface area contributed by atoms with Crippen molar-refractivity contribution in [2.45, 2.75) is 48.0 Å². The number of hydrogen-bond acceptors (Lipinski definition) is 4. The Kier molecular flexibility index (Phi) is 5.04. The molecule has 2 aromatic carbocycles. The molecule has 0 spiro atoms. The zero-order chi connectivity index (χ0) is 16.6. The molecule has 0 atom stereocenters. The predicted molar refractivity (Wildman–Crippen MR) is 108 cm³/mol. The molecule has 3 aromatic rings. The first-order chi connectivity index (χ1) is 11.0. The highest BCUT2D eigenvalue weighted by molar-refractivity contribution is 8.00. The SMILES string of the molecule is CC(C)Sc1cc(SC(C)C)c2sc3ccccc3c(=O)c2c1. The zero-order valence-electron chi connectivity index (χ0n) is 13.8. The molecular weight excluding hydrogens is 340 g/mol. The Bertz CT molecular complexity index is 910. The minimum Gasteiger partial charge on any atom is -0.289 e. The van der Waals surface area contributed by atoms with Crippen molar-refractivity contribution in [3.8, 4) is 0 Å². The van der Waals surface area contributed by atoms with E-state index in [0.29, 0.717) is 10.5 Å². The summed E-state index contributed by atoms with van der Waals surface area (Å²) in [5.74, 6) is 0. The van der Waals surface area contributed by atoms with Gasteiger partial charge in [-0.25, -0.2) is 0 Å². The first-order valence-electron chi connectivity index (χ1n) is 7.78. The zero-order valence-corrected chi connectivity index (χ0v) is 16.2. The van der Waals surface area contributed by atoms with Gasteiger partial charge in [0.05, 0.1) is 4.70 Å². The molecule has 0 aliphatic carbocycles. The Hall–Kier alpha value is -0.970. The summed E-state index contributed by atoms with van der Waals surface area (Å²) < 4.78 is 2.19. The summed E-state index contributed by atoms with van der Waals surface area (Å²) >= 11 is 5.40. The van der Waals surface area contributed by atoms with Crippen LogP contribution in [0.25, 0.3) is 20.2 Å². The fourth-order valence-corrected chi connectivity index (χ4v) is 5.77. The van der Waals surface area contributed by atoms with Crippen molar-refractivity contribution in [3.05, 3.63) is 46.6 Å². The lowest BCUT2D eigenvalue weighted by atomic mass is 10.2. The van der Waals surface area contributed by atoms with Crippen LogP contribution in [0.1, 0.15) is 27.7 Å². The third-order valence-electron chi connectivity index (χ3n) is 3.35. The Morgan fingerprint density at radius 1 is 0.913 bits per heavy atom. The van der Waals surface area contributed by atoms with Gasteiger partial charge in [0.25, 0.3) is 0 Å². The van der Waals surface area contributed by atoms with Crippen molar-refractivity contribution >= 4 is 55.0 Å². The molecule has 1 heterocycles. The van der Waals surface area contributed by atoms with Crippen LogP contribution in [-0.4, -0.2) is 10.5 Å². The smallest absolute Gasteiger partial charge is 0.195 e.